The van der Waals surface area contributed by atoms with E-state index in [4.69, 9.17) is 0 Å². The van der Waals surface area contributed by atoms with Crippen LogP contribution in [-0.2, 0) is 11.2 Å². The number of hydrogen-bond acceptors (Lipinski definition) is 3. The summed E-state index contributed by atoms with van der Waals surface area (Å²) in [4.78, 5) is 24.0. The van der Waals surface area contributed by atoms with Gasteiger partial charge in [-0.1, -0.05) is 26.7 Å². The summed E-state index contributed by atoms with van der Waals surface area (Å²) < 4.78 is 0. The summed E-state index contributed by atoms with van der Waals surface area (Å²) in [6, 6.07) is 0. The lowest BCUT2D eigenvalue weighted by Gasteiger charge is -2.07. The maximum atomic E-state index is 11.8. The third-order valence-electron chi connectivity index (χ3n) is 3.63. The molecule has 0 unspecified atom stereocenters. The van der Waals surface area contributed by atoms with Crippen molar-refractivity contribution in [2.75, 3.05) is 5.32 Å². The largest absolute Gasteiger partial charge is 0.340 e. The highest BCUT2D eigenvalue weighted by Crippen LogP contribution is 2.22. The van der Waals surface area contributed by atoms with Crippen LogP contribution in [0, 0.1) is 6.92 Å². The predicted octanol–water partition coefficient (Wildman–Crippen LogP) is 3.74. The molecule has 114 valence electrons. The van der Waals surface area contributed by atoms with E-state index < -0.39 is 0 Å². The van der Waals surface area contributed by atoms with Gasteiger partial charge in [0.25, 0.3) is 0 Å². The number of anilines is 1. The van der Waals surface area contributed by atoms with E-state index in [1.807, 2.05) is 6.92 Å². The summed E-state index contributed by atoms with van der Waals surface area (Å²) in [7, 11) is 0. The van der Waals surface area contributed by atoms with E-state index in [2.05, 4.69) is 34.1 Å². The van der Waals surface area contributed by atoms with Gasteiger partial charge in [-0.3, -0.25) is 4.79 Å². The molecule has 5 heteroatoms. The summed E-state index contributed by atoms with van der Waals surface area (Å²) in [5.41, 5.74) is 3.42. The van der Waals surface area contributed by atoms with Crippen LogP contribution in [0.15, 0.2) is 6.20 Å². The van der Waals surface area contributed by atoms with E-state index in [9.17, 15) is 4.79 Å². The maximum Gasteiger partial charge on any atom is 0.224 e. The van der Waals surface area contributed by atoms with E-state index >= 15 is 0 Å². The molecule has 0 radical (unpaired) electrons. The second-order valence-electron chi connectivity index (χ2n) is 5.43. The Morgan fingerprint density at radius 2 is 2.05 bits per heavy atom. The number of amides is 1. The van der Waals surface area contributed by atoms with Gasteiger partial charge in [-0.2, -0.15) is 0 Å². The van der Waals surface area contributed by atoms with Crippen molar-refractivity contribution in [3.05, 3.63) is 17.6 Å². The van der Waals surface area contributed by atoms with Crippen LogP contribution in [0.3, 0.4) is 0 Å². The molecular weight excluding hydrogens is 264 g/mol. The maximum absolute atomic E-state index is 11.8. The number of rotatable bonds is 7. The van der Waals surface area contributed by atoms with E-state index in [0.29, 0.717) is 6.42 Å². The molecule has 0 bridgehead atoms. The third kappa shape index (κ3) is 3.80. The van der Waals surface area contributed by atoms with E-state index in [-0.39, 0.29) is 5.91 Å². The van der Waals surface area contributed by atoms with Gasteiger partial charge >= 0.3 is 0 Å². The van der Waals surface area contributed by atoms with Crippen molar-refractivity contribution >= 4 is 22.8 Å². The number of aromatic amines is 1. The first kappa shape index (κ1) is 15.5. The first-order valence-electron chi connectivity index (χ1n) is 7.79. The number of nitrogens with zero attached hydrogens (tertiary/aromatic N) is 2. The molecule has 2 aromatic rings. The van der Waals surface area contributed by atoms with E-state index in [0.717, 1.165) is 60.3 Å². The molecule has 0 fully saturated rings. The van der Waals surface area contributed by atoms with Crippen LogP contribution in [0.5, 0.6) is 0 Å². The summed E-state index contributed by atoms with van der Waals surface area (Å²) in [6.07, 6.45) is 7.37. The van der Waals surface area contributed by atoms with Crippen molar-refractivity contribution in [1.82, 2.24) is 15.0 Å². The Labute approximate surface area is 125 Å². The number of H-pyrrole nitrogens is 1. The van der Waals surface area contributed by atoms with E-state index in [1.165, 1.54) is 0 Å². The number of hydrogen-bond donors (Lipinski definition) is 2. The predicted molar refractivity (Wildman–Crippen MR) is 85.4 cm³/mol. The van der Waals surface area contributed by atoms with E-state index in [1.54, 1.807) is 6.20 Å². The van der Waals surface area contributed by atoms with Gasteiger partial charge in [0.1, 0.15) is 5.82 Å². The average Bonchev–Trinajstić information content (AvgIpc) is 2.90. The van der Waals surface area contributed by atoms with Crippen LogP contribution < -0.4 is 5.32 Å². The minimum Gasteiger partial charge on any atom is -0.340 e. The molecule has 21 heavy (non-hydrogen) atoms. The second kappa shape index (κ2) is 7.20. The Hall–Kier alpha value is -1.91. The first-order chi connectivity index (χ1) is 10.2. The van der Waals surface area contributed by atoms with Crippen LogP contribution in [0.4, 0.5) is 5.69 Å². The number of pyridine rings is 1. The molecule has 2 N–H and O–H groups in total. The number of carbonyl (C=O) groups excluding carboxylic acids is 1. The quantitative estimate of drug-likeness (QED) is 0.815. The van der Waals surface area contributed by atoms with Gasteiger partial charge in [-0.25, -0.2) is 9.97 Å². The summed E-state index contributed by atoms with van der Waals surface area (Å²) in [5, 5.41) is 2.94. The second-order valence-corrected chi connectivity index (χ2v) is 5.43. The molecule has 2 heterocycles. The number of unbranched alkanes of at least 4 members (excludes halogenated alkanes) is 2. The summed E-state index contributed by atoms with van der Waals surface area (Å²) in [5.74, 6) is 1.02. The van der Waals surface area contributed by atoms with Gasteiger partial charge in [0.05, 0.1) is 17.4 Å². The monoisotopic (exact) mass is 288 g/mol. The van der Waals surface area contributed by atoms with Crippen LogP contribution in [0.25, 0.3) is 11.2 Å². The van der Waals surface area contributed by atoms with Crippen molar-refractivity contribution in [2.45, 2.75) is 59.3 Å². The van der Waals surface area contributed by atoms with Crippen molar-refractivity contribution in [3.8, 4) is 0 Å². The molecule has 0 atom stereocenters. The number of aryl methyl sites for hydroxylation is 2. The Bertz CT molecular complexity index is 618. The zero-order valence-electron chi connectivity index (χ0n) is 13.1. The standard InChI is InChI=1S/C16H24N4O/c1-4-6-8-13-19-15-11(3)12(10-17-16(15)20-13)18-14(21)9-7-5-2/h10H,4-9H2,1-3H3,(H,18,21)(H,17,19,20). The lowest BCUT2D eigenvalue weighted by atomic mass is 10.2. The van der Waals surface area contributed by atoms with Crippen molar-refractivity contribution in [3.63, 3.8) is 0 Å². The zero-order chi connectivity index (χ0) is 15.2. The highest BCUT2D eigenvalue weighted by atomic mass is 16.1. The molecule has 0 spiro atoms. The fourth-order valence-electron chi connectivity index (χ4n) is 2.26. The molecule has 1 amide bonds. The van der Waals surface area contributed by atoms with Crippen molar-refractivity contribution in [2.24, 2.45) is 0 Å². The molecule has 0 aromatic carbocycles. The minimum absolute atomic E-state index is 0.0480. The fraction of sp³-hybridized carbons (Fsp3) is 0.562. The van der Waals surface area contributed by atoms with Crippen LogP contribution in [-0.4, -0.2) is 20.9 Å². The van der Waals surface area contributed by atoms with Crippen LogP contribution >= 0.6 is 0 Å². The number of carbonyl (C=O) groups is 1. The topological polar surface area (TPSA) is 70.7 Å². The van der Waals surface area contributed by atoms with Crippen LogP contribution in [0.2, 0.25) is 0 Å². The van der Waals surface area contributed by atoms with Crippen LogP contribution in [0.1, 0.15) is 57.3 Å². The molecular formula is C16H24N4O. The number of imidazole rings is 1. The fourth-order valence-corrected chi connectivity index (χ4v) is 2.26. The number of fused-ring (bicyclic) bond motifs is 1. The zero-order valence-corrected chi connectivity index (χ0v) is 13.1. The smallest absolute Gasteiger partial charge is 0.224 e. The van der Waals surface area contributed by atoms with Crippen molar-refractivity contribution in [1.29, 1.82) is 0 Å². The Morgan fingerprint density at radius 3 is 2.76 bits per heavy atom. The van der Waals surface area contributed by atoms with Crippen molar-refractivity contribution < 1.29 is 4.79 Å². The molecule has 0 aliphatic rings. The number of nitrogens with one attached hydrogen (secondary N) is 2. The Kier molecular flexibility index (Phi) is 5.31. The highest BCUT2D eigenvalue weighted by molar-refractivity contribution is 5.94. The van der Waals surface area contributed by atoms with Gasteiger partial charge in [0.15, 0.2) is 5.65 Å². The Balaban J connectivity index is 2.18. The average molecular weight is 288 g/mol. The summed E-state index contributed by atoms with van der Waals surface area (Å²) >= 11 is 0. The van der Waals surface area contributed by atoms with Gasteiger partial charge in [-0.05, 0) is 19.8 Å². The molecule has 2 aromatic heterocycles. The van der Waals surface area contributed by atoms with Gasteiger partial charge in [0, 0.05) is 18.4 Å². The first-order valence-corrected chi connectivity index (χ1v) is 7.79. The lowest BCUT2D eigenvalue weighted by Crippen LogP contribution is -2.12. The molecule has 0 aliphatic heterocycles. The van der Waals surface area contributed by atoms with Gasteiger partial charge in [-0.15, -0.1) is 0 Å². The van der Waals surface area contributed by atoms with Gasteiger partial charge < -0.3 is 10.3 Å². The number of aromatic nitrogens is 3. The molecule has 0 aliphatic carbocycles. The molecule has 2 rings (SSSR count). The highest BCUT2D eigenvalue weighted by Gasteiger charge is 2.11. The lowest BCUT2D eigenvalue weighted by molar-refractivity contribution is -0.116. The van der Waals surface area contributed by atoms with Gasteiger partial charge in [0.2, 0.25) is 5.91 Å². The molecule has 0 saturated heterocycles. The minimum atomic E-state index is 0.0480. The normalized spacial score (nSPS) is 11.0. The Morgan fingerprint density at radius 1 is 1.29 bits per heavy atom. The summed E-state index contributed by atoms with van der Waals surface area (Å²) in [6.45, 7) is 6.23. The molecule has 5 nitrogen and oxygen atoms in total. The third-order valence-corrected chi connectivity index (χ3v) is 3.63. The SMILES string of the molecule is CCCCC(=O)Nc1cnc2nc(CCCC)[nH]c2c1C. The molecule has 0 saturated carbocycles.